The van der Waals surface area contributed by atoms with Crippen molar-refractivity contribution in [2.75, 3.05) is 13.1 Å². The molecule has 0 bridgehead atoms. The maximum atomic E-state index is 12.3. The molecule has 132 valence electrons. The van der Waals surface area contributed by atoms with Crippen LogP contribution in [0.15, 0.2) is 60.7 Å². The number of hydrogen-bond acceptors (Lipinski definition) is 5. The summed E-state index contributed by atoms with van der Waals surface area (Å²) in [7, 11) is 0. The van der Waals surface area contributed by atoms with Crippen LogP contribution in [-0.4, -0.2) is 36.4 Å². The van der Waals surface area contributed by atoms with E-state index >= 15 is 0 Å². The van der Waals surface area contributed by atoms with Gasteiger partial charge in [-0.1, -0.05) is 60.7 Å². The van der Waals surface area contributed by atoms with Crippen molar-refractivity contribution >= 4 is 5.97 Å². The number of aliphatic hydroxyl groups excluding tert-OH is 1. The number of rotatable bonds is 6. The minimum Gasteiger partial charge on any atom is -0.460 e. The van der Waals surface area contributed by atoms with Crippen molar-refractivity contribution < 1.29 is 19.4 Å². The van der Waals surface area contributed by atoms with Gasteiger partial charge in [0.05, 0.1) is 24.7 Å². The first kappa shape index (κ1) is 17.6. The van der Waals surface area contributed by atoms with Crippen LogP contribution in [0.1, 0.15) is 11.1 Å². The first-order valence-electron chi connectivity index (χ1n) is 8.49. The molecule has 5 heteroatoms. The average molecular weight is 341 g/mol. The summed E-state index contributed by atoms with van der Waals surface area (Å²) in [6.45, 7) is 1.50. The molecule has 3 atom stereocenters. The number of hydrogen-bond donors (Lipinski definition) is 2. The highest BCUT2D eigenvalue weighted by atomic mass is 16.5. The smallest absolute Gasteiger partial charge is 0.313 e. The Bertz CT molecular complexity index is 662. The molecule has 2 aromatic carbocycles. The lowest BCUT2D eigenvalue weighted by Crippen LogP contribution is -2.54. The van der Waals surface area contributed by atoms with E-state index in [1.165, 1.54) is 0 Å². The lowest BCUT2D eigenvalue weighted by atomic mass is 9.94. The predicted octanol–water partition coefficient (Wildman–Crippen LogP) is 1.90. The zero-order valence-electron chi connectivity index (χ0n) is 14.0. The summed E-state index contributed by atoms with van der Waals surface area (Å²) in [6, 6.07) is 19.3. The van der Waals surface area contributed by atoms with Crippen molar-refractivity contribution in [1.82, 2.24) is 5.32 Å². The predicted molar refractivity (Wildman–Crippen MR) is 93.6 cm³/mol. The number of esters is 1. The number of ether oxygens (including phenoxy) is 2. The monoisotopic (exact) mass is 341 g/mol. The van der Waals surface area contributed by atoms with Crippen molar-refractivity contribution in [3.8, 4) is 0 Å². The van der Waals surface area contributed by atoms with Crippen LogP contribution in [0.4, 0.5) is 0 Å². The number of carbonyl (C=O) groups is 1. The molecule has 1 aliphatic heterocycles. The zero-order valence-corrected chi connectivity index (χ0v) is 14.0. The molecule has 0 amide bonds. The molecule has 2 N–H and O–H groups in total. The Hall–Kier alpha value is -2.21. The van der Waals surface area contributed by atoms with Gasteiger partial charge in [0.15, 0.2) is 0 Å². The van der Waals surface area contributed by atoms with Crippen LogP contribution in [0.2, 0.25) is 0 Å². The van der Waals surface area contributed by atoms with Gasteiger partial charge < -0.3 is 19.9 Å². The standard InChI is InChI=1S/C20H23NO4/c22-19-17(20(23)25-14-16-9-5-2-6-10-16)11-21-12-18(19)24-13-15-7-3-1-4-8-15/h1-10,17-19,21-22H,11-14H2. The average Bonchev–Trinajstić information content (AvgIpc) is 2.67. The normalized spacial score (nSPS) is 23.2. The van der Waals surface area contributed by atoms with E-state index in [0.717, 1.165) is 11.1 Å². The van der Waals surface area contributed by atoms with E-state index in [0.29, 0.717) is 19.7 Å². The van der Waals surface area contributed by atoms with Crippen LogP contribution < -0.4 is 5.32 Å². The van der Waals surface area contributed by atoms with Crippen molar-refractivity contribution in [2.24, 2.45) is 5.92 Å². The Labute approximate surface area is 147 Å². The van der Waals surface area contributed by atoms with Gasteiger partial charge in [0.2, 0.25) is 0 Å². The van der Waals surface area contributed by atoms with Gasteiger partial charge in [-0.25, -0.2) is 0 Å². The Morgan fingerprint density at radius 2 is 1.56 bits per heavy atom. The Kier molecular flexibility index (Phi) is 6.17. The molecular formula is C20H23NO4. The topological polar surface area (TPSA) is 67.8 Å². The molecule has 1 saturated heterocycles. The molecule has 0 spiro atoms. The quantitative estimate of drug-likeness (QED) is 0.786. The SMILES string of the molecule is O=C(OCc1ccccc1)C1CNCC(OCc2ccccc2)C1O. The van der Waals surface area contributed by atoms with Crippen molar-refractivity contribution in [3.05, 3.63) is 71.8 Å². The van der Waals surface area contributed by atoms with Crippen LogP contribution in [0.25, 0.3) is 0 Å². The minimum absolute atomic E-state index is 0.207. The Balaban J connectivity index is 1.52. The summed E-state index contributed by atoms with van der Waals surface area (Å²) in [5.41, 5.74) is 1.95. The zero-order chi connectivity index (χ0) is 17.5. The largest absolute Gasteiger partial charge is 0.460 e. The lowest BCUT2D eigenvalue weighted by Gasteiger charge is -2.33. The minimum atomic E-state index is -0.881. The summed E-state index contributed by atoms with van der Waals surface area (Å²) in [4.78, 5) is 12.3. The molecule has 25 heavy (non-hydrogen) atoms. The van der Waals surface area contributed by atoms with Gasteiger partial charge in [-0.15, -0.1) is 0 Å². The number of carbonyl (C=O) groups excluding carboxylic acids is 1. The number of nitrogens with one attached hydrogen (secondary N) is 1. The first-order chi connectivity index (χ1) is 12.2. The fourth-order valence-electron chi connectivity index (χ4n) is 2.88. The highest BCUT2D eigenvalue weighted by molar-refractivity contribution is 5.73. The van der Waals surface area contributed by atoms with E-state index in [1.54, 1.807) is 0 Å². The van der Waals surface area contributed by atoms with Crippen LogP contribution in [0, 0.1) is 5.92 Å². The summed E-state index contributed by atoms with van der Waals surface area (Å²) >= 11 is 0. The van der Waals surface area contributed by atoms with Crippen molar-refractivity contribution in [1.29, 1.82) is 0 Å². The number of piperidine rings is 1. The molecule has 1 heterocycles. The molecule has 3 unspecified atom stereocenters. The van der Waals surface area contributed by atoms with E-state index in [-0.39, 0.29) is 6.61 Å². The third-order valence-corrected chi connectivity index (χ3v) is 4.34. The summed E-state index contributed by atoms with van der Waals surface area (Å²) in [5.74, 6) is -1.03. The van der Waals surface area contributed by atoms with Gasteiger partial charge >= 0.3 is 5.97 Å². The molecular weight excluding hydrogens is 318 g/mol. The molecule has 0 radical (unpaired) electrons. The van der Waals surface area contributed by atoms with Crippen LogP contribution in [-0.2, 0) is 27.5 Å². The highest BCUT2D eigenvalue weighted by Crippen LogP contribution is 2.18. The van der Waals surface area contributed by atoms with E-state index < -0.39 is 24.1 Å². The molecule has 1 fully saturated rings. The van der Waals surface area contributed by atoms with Gasteiger partial charge in [0.25, 0.3) is 0 Å². The molecule has 0 aliphatic carbocycles. The van der Waals surface area contributed by atoms with E-state index in [2.05, 4.69) is 5.32 Å². The first-order valence-corrected chi connectivity index (χ1v) is 8.49. The summed E-state index contributed by atoms with van der Waals surface area (Å²) < 4.78 is 11.2. The number of benzene rings is 2. The fraction of sp³-hybridized carbons (Fsp3) is 0.350. The molecule has 2 aromatic rings. The van der Waals surface area contributed by atoms with E-state index in [1.807, 2.05) is 60.7 Å². The Morgan fingerprint density at radius 1 is 0.960 bits per heavy atom. The van der Waals surface area contributed by atoms with Crippen molar-refractivity contribution in [2.45, 2.75) is 25.4 Å². The maximum absolute atomic E-state index is 12.3. The van der Waals surface area contributed by atoms with Gasteiger partial charge in [-0.05, 0) is 11.1 Å². The second-order valence-corrected chi connectivity index (χ2v) is 6.18. The second-order valence-electron chi connectivity index (χ2n) is 6.18. The molecule has 1 aliphatic rings. The van der Waals surface area contributed by atoms with E-state index in [9.17, 15) is 9.90 Å². The molecule has 5 nitrogen and oxygen atoms in total. The molecule has 0 saturated carbocycles. The summed E-state index contributed by atoms with van der Waals surface area (Å²) in [6.07, 6.45) is -1.32. The van der Waals surface area contributed by atoms with E-state index in [4.69, 9.17) is 9.47 Å². The second kappa shape index (κ2) is 8.76. The van der Waals surface area contributed by atoms with Crippen LogP contribution in [0.5, 0.6) is 0 Å². The molecule has 3 rings (SSSR count). The van der Waals surface area contributed by atoms with Crippen LogP contribution >= 0.6 is 0 Å². The van der Waals surface area contributed by atoms with Crippen molar-refractivity contribution in [3.63, 3.8) is 0 Å². The van der Waals surface area contributed by atoms with Gasteiger partial charge in [0.1, 0.15) is 6.61 Å². The Morgan fingerprint density at radius 3 is 2.20 bits per heavy atom. The van der Waals surface area contributed by atoms with Crippen LogP contribution in [0.3, 0.4) is 0 Å². The summed E-state index contributed by atoms with van der Waals surface area (Å²) in [5, 5.41) is 13.7. The van der Waals surface area contributed by atoms with Gasteiger partial charge in [-0.2, -0.15) is 0 Å². The molecule has 0 aromatic heterocycles. The van der Waals surface area contributed by atoms with Gasteiger partial charge in [0, 0.05) is 13.1 Å². The maximum Gasteiger partial charge on any atom is 0.313 e. The highest BCUT2D eigenvalue weighted by Gasteiger charge is 2.38. The van der Waals surface area contributed by atoms with Gasteiger partial charge in [-0.3, -0.25) is 4.79 Å². The fourth-order valence-corrected chi connectivity index (χ4v) is 2.88. The number of aliphatic hydroxyl groups is 1. The third kappa shape index (κ3) is 4.89. The lowest BCUT2D eigenvalue weighted by molar-refractivity contribution is -0.162. The third-order valence-electron chi connectivity index (χ3n) is 4.34.